The van der Waals surface area contributed by atoms with Gasteiger partial charge in [-0.25, -0.2) is 5.06 Å². The number of hydrogen-bond acceptors (Lipinski definition) is 3. The monoisotopic (exact) mass is 285 g/mol. The molecule has 1 heterocycles. The van der Waals surface area contributed by atoms with E-state index in [4.69, 9.17) is 16.4 Å². The predicted molar refractivity (Wildman–Crippen MR) is 73.7 cm³/mol. The third kappa shape index (κ3) is 4.19. The van der Waals surface area contributed by atoms with Crippen LogP contribution < -0.4 is 0 Å². The van der Waals surface area contributed by atoms with Crippen molar-refractivity contribution >= 4 is 29.3 Å². The van der Waals surface area contributed by atoms with E-state index >= 15 is 0 Å². The van der Waals surface area contributed by atoms with Crippen LogP contribution in [0, 0.1) is 0 Å². The summed E-state index contributed by atoms with van der Waals surface area (Å²) in [5.74, 6) is 0.844. The van der Waals surface area contributed by atoms with Crippen molar-refractivity contribution in [2.24, 2.45) is 0 Å². The molecule has 0 aromatic heterocycles. The fourth-order valence-corrected chi connectivity index (χ4v) is 2.67. The smallest absolute Gasteiger partial charge is 0.246 e. The van der Waals surface area contributed by atoms with Crippen molar-refractivity contribution in [3.8, 4) is 0 Å². The van der Waals surface area contributed by atoms with Crippen LogP contribution in [0.5, 0.6) is 0 Å². The molecule has 1 aromatic rings. The van der Waals surface area contributed by atoms with E-state index in [-0.39, 0.29) is 5.91 Å². The quantitative estimate of drug-likeness (QED) is 0.795. The molecular weight excluding hydrogens is 270 g/mol. The van der Waals surface area contributed by atoms with Gasteiger partial charge in [-0.15, -0.1) is 11.8 Å². The molecular formula is C13H16ClNO2S. The largest absolute Gasteiger partial charge is 0.273 e. The Kier molecular flexibility index (Phi) is 5.35. The molecule has 1 aliphatic heterocycles. The summed E-state index contributed by atoms with van der Waals surface area (Å²) < 4.78 is 0. The second kappa shape index (κ2) is 7.02. The van der Waals surface area contributed by atoms with E-state index in [0.29, 0.717) is 13.0 Å². The zero-order valence-corrected chi connectivity index (χ0v) is 11.7. The molecule has 1 saturated heterocycles. The summed E-state index contributed by atoms with van der Waals surface area (Å²) in [6.45, 7) is 1.39. The second-order valence-electron chi connectivity index (χ2n) is 4.09. The van der Waals surface area contributed by atoms with Crippen molar-refractivity contribution in [2.75, 3.05) is 18.9 Å². The Labute approximate surface area is 116 Å². The number of carbonyl (C=O) groups is 1. The number of amides is 1. The number of carbonyl (C=O) groups excluding carboxylic acids is 1. The molecule has 98 valence electrons. The minimum absolute atomic E-state index is 0.0798. The Morgan fingerprint density at radius 2 is 2.11 bits per heavy atom. The Morgan fingerprint density at radius 1 is 1.33 bits per heavy atom. The lowest BCUT2D eigenvalue weighted by Gasteiger charge is -2.25. The Bertz CT molecular complexity index is 390. The van der Waals surface area contributed by atoms with Crippen LogP contribution in [0.25, 0.3) is 0 Å². The standard InChI is InChI=1S/C13H16ClNO2S/c14-11-3-5-12(6-4-11)18-10-7-13(16)15-8-1-2-9-17-15/h3-6H,1-2,7-10H2. The van der Waals surface area contributed by atoms with Crippen molar-refractivity contribution in [2.45, 2.75) is 24.2 Å². The van der Waals surface area contributed by atoms with Gasteiger partial charge in [0.1, 0.15) is 0 Å². The summed E-state index contributed by atoms with van der Waals surface area (Å²) in [5, 5.41) is 2.24. The fourth-order valence-electron chi connectivity index (χ4n) is 1.71. The van der Waals surface area contributed by atoms with Gasteiger partial charge < -0.3 is 0 Å². The highest BCUT2D eigenvalue weighted by atomic mass is 35.5. The third-order valence-corrected chi connectivity index (χ3v) is 3.94. The molecule has 5 heteroatoms. The van der Waals surface area contributed by atoms with Gasteiger partial charge in [0.25, 0.3) is 0 Å². The average Bonchev–Trinajstić information content (AvgIpc) is 2.42. The molecule has 0 saturated carbocycles. The van der Waals surface area contributed by atoms with E-state index in [1.807, 2.05) is 24.3 Å². The molecule has 1 amide bonds. The van der Waals surface area contributed by atoms with Crippen molar-refractivity contribution < 1.29 is 9.63 Å². The van der Waals surface area contributed by atoms with Gasteiger partial charge in [-0.2, -0.15) is 0 Å². The molecule has 0 bridgehead atoms. The molecule has 0 unspecified atom stereocenters. The SMILES string of the molecule is O=C(CCSc1ccc(Cl)cc1)N1CCCCO1. The van der Waals surface area contributed by atoms with E-state index in [0.717, 1.165) is 35.1 Å². The van der Waals surface area contributed by atoms with Crippen LogP contribution in [0.1, 0.15) is 19.3 Å². The highest BCUT2D eigenvalue weighted by molar-refractivity contribution is 7.99. The van der Waals surface area contributed by atoms with Crippen LogP contribution in [0.2, 0.25) is 5.02 Å². The van der Waals surface area contributed by atoms with Crippen LogP contribution in [0.15, 0.2) is 29.2 Å². The molecule has 1 aliphatic rings. The summed E-state index contributed by atoms with van der Waals surface area (Å²) in [5.41, 5.74) is 0. The molecule has 18 heavy (non-hydrogen) atoms. The Balaban J connectivity index is 1.71. The van der Waals surface area contributed by atoms with Gasteiger partial charge in [-0.05, 0) is 37.1 Å². The summed E-state index contributed by atoms with van der Waals surface area (Å²) in [7, 11) is 0. The van der Waals surface area contributed by atoms with Crippen LogP contribution in [0.4, 0.5) is 0 Å². The predicted octanol–water partition coefficient (Wildman–Crippen LogP) is 3.38. The molecule has 1 aromatic carbocycles. The van der Waals surface area contributed by atoms with Crippen molar-refractivity contribution in [1.29, 1.82) is 0 Å². The highest BCUT2D eigenvalue weighted by Crippen LogP contribution is 2.21. The lowest BCUT2D eigenvalue weighted by molar-refractivity contribution is -0.196. The van der Waals surface area contributed by atoms with E-state index in [9.17, 15) is 4.79 Å². The first-order valence-electron chi connectivity index (χ1n) is 6.07. The molecule has 0 spiro atoms. The normalized spacial score (nSPS) is 15.7. The Hall–Kier alpha value is -0.710. The van der Waals surface area contributed by atoms with Crippen LogP contribution in [-0.4, -0.2) is 29.9 Å². The number of hydroxylamine groups is 2. The second-order valence-corrected chi connectivity index (χ2v) is 5.69. The molecule has 0 N–H and O–H groups in total. The topological polar surface area (TPSA) is 29.5 Å². The third-order valence-electron chi connectivity index (χ3n) is 2.68. The molecule has 0 radical (unpaired) electrons. The number of thioether (sulfide) groups is 1. The van der Waals surface area contributed by atoms with Gasteiger partial charge in [0, 0.05) is 28.6 Å². The van der Waals surface area contributed by atoms with Crippen LogP contribution in [0.3, 0.4) is 0 Å². The summed E-state index contributed by atoms with van der Waals surface area (Å²) in [6, 6.07) is 7.66. The summed E-state index contributed by atoms with van der Waals surface area (Å²) in [6.07, 6.45) is 2.59. The summed E-state index contributed by atoms with van der Waals surface area (Å²) >= 11 is 7.47. The van der Waals surface area contributed by atoms with Crippen molar-refractivity contribution in [3.05, 3.63) is 29.3 Å². The minimum atomic E-state index is 0.0798. The van der Waals surface area contributed by atoms with E-state index in [1.165, 1.54) is 5.06 Å². The maximum atomic E-state index is 11.8. The van der Waals surface area contributed by atoms with Gasteiger partial charge in [0.05, 0.1) is 6.61 Å². The zero-order valence-electron chi connectivity index (χ0n) is 10.1. The van der Waals surface area contributed by atoms with Gasteiger partial charge >= 0.3 is 0 Å². The number of nitrogens with zero attached hydrogens (tertiary/aromatic N) is 1. The first-order chi connectivity index (χ1) is 8.75. The van der Waals surface area contributed by atoms with Crippen LogP contribution in [-0.2, 0) is 9.63 Å². The van der Waals surface area contributed by atoms with Gasteiger partial charge in [-0.1, -0.05) is 11.6 Å². The molecule has 0 atom stereocenters. The lowest BCUT2D eigenvalue weighted by Crippen LogP contribution is -2.35. The van der Waals surface area contributed by atoms with E-state index < -0.39 is 0 Å². The first kappa shape index (κ1) is 13.7. The first-order valence-corrected chi connectivity index (χ1v) is 7.44. The molecule has 3 nitrogen and oxygen atoms in total. The van der Waals surface area contributed by atoms with Gasteiger partial charge in [-0.3, -0.25) is 9.63 Å². The van der Waals surface area contributed by atoms with E-state index in [2.05, 4.69) is 0 Å². The molecule has 0 aliphatic carbocycles. The minimum Gasteiger partial charge on any atom is -0.273 e. The fraction of sp³-hybridized carbons (Fsp3) is 0.462. The highest BCUT2D eigenvalue weighted by Gasteiger charge is 2.16. The molecule has 2 rings (SSSR count). The van der Waals surface area contributed by atoms with E-state index in [1.54, 1.807) is 11.8 Å². The van der Waals surface area contributed by atoms with Crippen molar-refractivity contribution in [1.82, 2.24) is 5.06 Å². The number of benzene rings is 1. The van der Waals surface area contributed by atoms with Crippen molar-refractivity contribution in [3.63, 3.8) is 0 Å². The maximum Gasteiger partial charge on any atom is 0.246 e. The molecule has 1 fully saturated rings. The summed E-state index contributed by atoms with van der Waals surface area (Å²) in [4.78, 5) is 18.3. The Morgan fingerprint density at radius 3 is 2.78 bits per heavy atom. The van der Waals surface area contributed by atoms with Gasteiger partial charge in [0.2, 0.25) is 5.91 Å². The number of halogens is 1. The van der Waals surface area contributed by atoms with Gasteiger partial charge in [0.15, 0.2) is 0 Å². The lowest BCUT2D eigenvalue weighted by atomic mass is 10.3. The average molecular weight is 286 g/mol. The maximum absolute atomic E-state index is 11.8. The van der Waals surface area contributed by atoms with Crippen LogP contribution >= 0.6 is 23.4 Å². The number of hydrogen-bond donors (Lipinski definition) is 0. The number of rotatable bonds is 4. The zero-order chi connectivity index (χ0) is 12.8.